The summed E-state index contributed by atoms with van der Waals surface area (Å²) in [5.41, 5.74) is 0. The normalized spacial score (nSPS) is 26.8. The zero-order chi connectivity index (χ0) is 9.42. The molecule has 0 spiro atoms. The van der Waals surface area contributed by atoms with E-state index in [1.807, 2.05) is 6.20 Å². The monoisotopic (exact) mass is 244 g/mol. The minimum Gasteiger partial charge on any atom is -0.481 e. The van der Waals surface area contributed by atoms with Gasteiger partial charge in [0.1, 0.15) is 0 Å². The van der Waals surface area contributed by atoms with Crippen LogP contribution in [-0.2, 0) is 4.79 Å². The van der Waals surface area contributed by atoms with Crippen LogP contribution in [0.2, 0.25) is 0 Å². The molecule has 1 fully saturated rings. The molecule has 0 saturated heterocycles. The van der Waals surface area contributed by atoms with Gasteiger partial charge < -0.3 is 5.11 Å². The molecule has 1 saturated carbocycles. The van der Waals surface area contributed by atoms with Crippen molar-refractivity contribution in [2.45, 2.75) is 18.9 Å². The Morgan fingerprint density at radius 2 is 2.46 bits per heavy atom. The molecular formula is C8H9BrN2O2. The highest BCUT2D eigenvalue weighted by atomic mass is 79.9. The summed E-state index contributed by atoms with van der Waals surface area (Å²) in [6.45, 7) is 0. The van der Waals surface area contributed by atoms with E-state index in [1.165, 1.54) is 0 Å². The van der Waals surface area contributed by atoms with E-state index in [4.69, 9.17) is 5.11 Å². The summed E-state index contributed by atoms with van der Waals surface area (Å²) in [5, 5.41) is 12.9. The van der Waals surface area contributed by atoms with Gasteiger partial charge in [-0.25, -0.2) is 0 Å². The van der Waals surface area contributed by atoms with Gasteiger partial charge in [0.05, 0.1) is 22.6 Å². The maximum atomic E-state index is 10.7. The Labute approximate surface area is 83.7 Å². The summed E-state index contributed by atoms with van der Waals surface area (Å²) in [4.78, 5) is 10.7. The Balaban J connectivity index is 2.14. The zero-order valence-electron chi connectivity index (χ0n) is 6.85. The van der Waals surface area contributed by atoms with Gasteiger partial charge in [-0.2, -0.15) is 5.10 Å². The van der Waals surface area contributed by atoms with Gasteiger partial charge in [-0.05, 0) is 28.8 Å². The molecule has 1 aromatic heterocycles. The van der Waals surface area contributed by atoms with E-state index in [1.54, 1.807) is 10.9 Å². The maximum absolute atomic E-state index is 10.7. The van der Waals surface area contributed by atoms with Crippen LogP contribution in [0.15, 0.2) is 16.9 Å². The molecule has 0 aliphatic heterocycles. The molecule has 4 nitrogen and oxygen atoms in total. The predicted octanol–water partition coefficient (Wildman–Crippen LogP) is 1.68. The molecule has 0 aromatic carbocycles. The molecule has 1 aliphatic carbocycles. The molecule has 0 amide bonds. The summed E-state index contributed by atoms with van der Waals surface area (Å²) >= 11 is 3.28. The number of rotatable bonds is 2. The lowest BCUT2D eigenvalue weighted by molar-refractivity contribution is -0.147. The fourth-order valence-corrected chi connectivity index (χ4v) is 1.88. The van der Waals surface area contributed by atoms with Crippen molar-refractivity contribution >= 4 is 21.9 Å². The summed E-state index contributed by atoms with van der Waals surface area (Å²) in [7, 11) is 0. The molecule has 70 valence electrons. The van der Waals surface area contributed by atoms with Gasteiger partial charge in [-0.15, -0.1) is 0 Å². The smallest absolute Gasteiger partial charge is 0.308 e. The minimum absolute atomic E-state index is 0.0452. The van der Waals surface area contributed by atoms with Crippen molar-refractivity contribution < 1.29 is 9.90 Å². The Hall–Kier alpha value is -0.840. The second kappa shape index (κ2) is 3.14. The fourth-order valence-electron chi connectivity index (χ4n) is 1.58. The van der Waals surface area contributed by atoms with Crippen LogP contribution in [0.4, 0.5) is 0 Å². The number of aromatic nitrogens is 2. The first kappa shape index (κ1) is 8.74. The third kappa shape index (κ3) is 1.48. The lowest BCUT2D eigenvalue weighted by Crippen LogP contribution is -2.35. The zero-order valence-corrected chi connectivity index (χ0v) is 8.44. The van der Waals surface area contributed by atoms with Gasteiger partial charge in [-0.3, -0.25) is 9.48 Å². The summed E-state index contributed by atoms with van der Waals surface area (Å²) in [6, 6.07) is 0.0452. The quantitative estimate of drug-likeness (QED) is 0.862. The highest BCUT2D eigenvalue weighted by molar-refractivity contribution is 9.10. The van der Waals surface area contributed by atoms with E-state index in [0.29, 0.717) is 0 Å². The van der Waals surface area contributed by atoms with Crippen molar-refractivity contribution in [2.75, 3.05) is 0 Å². The first-order valence-electron chi connectivity index (χ1n) is 4.11. The number of aliphatic carboxylic acids is 1. The van der Waals surface area contributed by atoms with Crippen molar-refractivity contribution in [1.82, 2.24) is 9.78 Å². The number of carboxylic acid groups (broad SMARTS) is 1. The van der Waals surface area contributed by atoms with Crippen LogP contribution >= 0.6 is 15.9 Å². The first-order chi connectivity index (χ1) is 6.18. The van der Waals surface area contributed by atoms with Crippen molar-refractivity contribution in [1.29, 1.82) is 0 Å². The average molecular weight is 245 g/mol. The largest absolute Gasteiger partial charge is 0.481 e. The Morgan fingerprint density at radius 3 is 2.85 bits per heavy atom. The van der Waals surface area contributed by atoms with Crippen LogP contribution < -0.4 is 0 Å². The number of nitrogens with zero attached hydrogens (tertiary/aromatic N) is 2. The Bertz CT molecular complexity index is 337. The molecular weight excluding hydrogens is 236 g/mol. The molecule has 2 unspecified atom stereocenters. The van der Waals surface area contributed by atoms with Crippen LogP contribution in [0.25, 0.3) is 0 Å². The minimum atomic E-state index is -0.720. The van der Waals surface area contributed by atoms with E-state index in [9.17, 15) is 4.79 Å². The lowest BCUT2D eigenvalue weighted by atomic mass is 9.80. The molecule has 1 N–H and O–H groups in total. The standard InChI is InChI=1S/C8H9BrN2O2/c9-5-3-10-11(4-5)7-2-1-6(7)8(12)13/h3-4,6-7H,1-2H2,(H,12,13). The third-order valence-electron chi connectivity index (χ3n) is 2.46. The predicted molar refractivity (Wildman–Crippen MR) is 49.3 cm³/mol. The van der Waals surface area contributed by atoms with Gasteiger partial charge in [0, 0.05) is 6.20 Å². The molecule has 0 bridgehead atoms. The van der Waals surface area contributed by atoms with E-state index in [2.05, 4.69) is 21.0 Å². The molecule has 5 heteroatoms. The average Bonchev–Trinajstić information content (AvgIpc) is 2.32. The van der Waals surface area contributed by atoms with E-state index < -0.39 is 5.97 Å². The summed E-state index contributed by atoms with van der Waals surface area (Å²) in [5.74, 6) is -0.977. The molecule has 2 rings (SSSR count). The molecule has 2 atom stereocenters. The van der Waals surface area contributed by atoms with Crippen molar-refractivity contribution in [3.8, 4) is 0 Å². The summed E-state index contributed by atoms with van der Waals surface area (Å²) in [6.07, 6.45) is 5.17. The van der Waals surface area contributed by atoms with E-state index in [-0.39, 0.29) is 12.0 Å². The third-order valence-corrected chi connectivity index (χ3v) is 2.87. The van der Waals surface area contributed by atoms with Gasteiger partial charge in [0.25, 0.3) is 0 Å². The van der Waals surface area contributed by atoms with Crippen molar-refractivity contribution in [3.63, 3.8) is 0 Å². The second-order valence-electron chi connectivity index (χ2n) is 3.23. The van der Waals surface area contributed by atoms with Crippen LogP contribution in [0.1, 0.15) is 18.9 Å². The van der Waals surface area contributed by atoms with Crippen LogP contribution in [-0.4, -0.2) is 20.9 Å². The molecule has 1 heterocycles. The highest BCUT2D eigenvalue weighted by Gasteiger charge is 2.38. The number of hydrogen-bond acceptors (Lipinski definition) is 2. The molecule has 13 heavy (non-hydrogen) atoms. The fraction of sp³-hybridized carbons (Fsp3) is 0.500. The molecule has 0 radical (unpaired) electrons. The van der Waals surface area contributed by atoms with Gasteiger partial charge in [0.2, 0.25) is 0 Å². The van der Waals surface area contributed by atoms with Crippen LogP contribution in [0, 0.1) is 5.92 Å². The number of hydrogen-bond donors (Lipinski definition) is 1. The molecule has 1 aliphatic rings. The number of carbonyl (C=O) groups is 1. The molecule has 1 aromatic rings. The SMILES string of the molecule is O=C(O)C1CCC1n1cc(Br)cn1. The van der Waals surface area contributed by atoms with Gasteiger partial charge in [0.15, 0.2) is 0 Å². The highest BCUT2D eigenvalue weighted by Crippen LogP contribution is 2.38. The second-order valence-corrected chi connectivity index (χ2v) is 4.14. The van der Waals surface area contributed by atoms with Crippen molar-refractivity contribution in [3.05, 3.63) is 16.9 Å². The van der Waals surface area contributed by atoms with Crippen molar-refractivity contribution in [2.24, 2.45) is 5.92 Å². The van der Waals surface area contributed by atoms with Crippen LogP contribution in [0.3, 0.4) is 0 Å². The topological polar surface area (TPSA) is 55.1 Å². The van der Waals surface area contributed by atoms with E-state index in [0.717, 1.165) is 17.3 Å². The van der Waals surface area contributed by atoms with Crippen LogP contribution in [0.5, 0.6) is 0 Å². The lowest BCUT2D eigenvalue weighted by Gasteiger charge is -2.33. The van der Waals surface area contributed by atoms with Gasteiger partial charge >= 0.3 is 5.97 Å². The Morgan fingerprint density at radius 1 is 1.69 bits per heavy atom. The maximum Gasteiger partial charge on any atom is 0.308 e. The number of carboxylic acids is 1. The summed E-state index contributed by atoms with van der Waals surface area (Å²) < 4.78 is 2.62. The van der Waals surface area contributed by atoms with Gasteiger partial charge in [-0.1, -0.05) is 0 Å². The first-order valence-corrected chi connectivity index (χ1v) is 4.90. The Kier molecular flexibility index (Phi) is 2.11. The van der Waals surface area contributed by atoms with E-state index >= 15 is 0 Å². The number of halogens is 1.